The highest BCUT2D eigenvalue weighted by Gasteiger charge is 2.33. The molecule has 16 heavy (non-hydrogen) atoms. The summed E-state index contributed by atoms with van der Waals surface area (Å²) in [6.45, 7) is 5.50. The summed E-state index contributed by atoms with van der Waals surface area (Å²) in [7, 11) is 0. The summed E-state index contributed by atoms with van der Waals surface area (Å²) >= 11 is 0. The van der Waals surface area contributed by atoms with E-state index < -0.39 is 6.36 Å². The molecular weight excluding hydrogens is 217 g/mol. The third-order valence-corrected chi connectivity index (χ3v) is 2.35. The number of benzene rings is 1. The molecule has 0 aromatic heterocycles. The van der Waals surface area contributed by atoms with Gasteiger partial charge in [0.05, 0.1) is 0 Å². The second-order valence-electron chi connectivity index (χ2n) is 3.89. The van der Waals surface area contributed by atoms with Crippen molar-refractivity contribution in [1.82, 2.24) is 0 Å². The fourth-order valence-corrected chi connectivity index (χ4v) is 1.58. The Kier molecular flexibility index (Phi) is 3.83. The van der Waals surface area contributed by atoms with Gasteiger partial charge in [-0.3, -0.25) is 0 Å². The van der Waals surface area contributed by atoms with Crippen LogP contribution in [0, 0.1) is 0 Å². The van der Waals surface area contributed by atoms with Crippen LogP contribution in [0.4, 0.5) is 13.2 Å². The Bertz CT molecular complexity index is 356. The van der Waals surface area contributed by atoms with Gasteiger partial charge in [0.25, 0.3) is 0 Å². The van der Waals surface area contributed by atoms with Crippen LogP contribution in [0.15, 0.2) is 18.2 Å². The molecule has 90 valence electrons. The van der Waals surface area contributed by atoms with Crippen LogP contribution in [0.25, 0.3) is 0 Å². The lowest BCUT2D eigenvalue weighted by atomic mass is 9.98. The zero-order chi connectivity index (χ0) is 12.3. The van der Waals surface area contributed by atoms with E-state index in [1.807, 2.05) is 20.8 Å². The number of ether oxygens (including phenoxy) is 1. The van der Waals surface area contributed by atoms with Gasteiger partial charge in [-0.25, -0.2) is 0 Å². The Morgan fingerprint density at radius 1 is 1.25 bits per heavy atom. The lowest BCUT2D eigenvalue weighted by Gasteiger charge is -2.18. The third kappa shape index (κ3) is 3.15. The molecular formula is C12H15F3O. The Morgan fingerprint density at radius 2 is 1.88 bits per heavy atom. The zero-order valence-corrected chi connectivity index (χ0v) is 9.56. The van der Waals surface area contributed by atoms with Gasteiger partial charge in [-0.15, -0.1) is 13.2 Å². The number of rotatable bonds is 3. The molecule has 0 aliphatic rings. The molecule has 0 spiro atoms. The Labute approximate surface area is 93.2 Å². The van der Waals surface area contributed by atoms with Crippen molar-refractivity contribution in [1.29, 1.82) is 0 Å². The standard InChI is InChI=1S/C12H15F3O/c1-4-9-6-5-7-10(8(2)3)11(9)16-12(13,14)15/h5-8H,4H2,1-3H3. The van der Waals surface area contributed by atoms with Gasteiger partial charge in [-0.2, -0.15) is 0 Å². The summed E-state index contributed by atoms with van der Waals surface area (Å²) in [6.07, 6.45) is -4.11. The van der Waals surface area contributed by atoms with Crippen molar-refractivity contribution in [3.63, 3.8) is 0 Å². The van der Waals surface area contributed by atoms with Gasteiger partial charge in [0.1, 0.15) is 5.75 Å². The molecule has 0 unspecified atom stereocenters. The largest absolute Gasteiger partial charge is 0.573 e. The first kappa shape index (κ1) is 12.9. The van der Waals surface area contributed by atoms with E-state index in [1.165, 1.54) is 0 Å². The normalized spacial score (nSPS) is 11.9. The smallest absolute Gasteiger partial charge is 0.405 e. The minimum atomic E-state index is -4.63. The molecule has 1 aromatic rings. The van der Waals surface area contributed by atoms with Gasteiger partial charge in [-0.05, 0) is 23.5 Å². The average Bonchev–Trinajstić information content (AvgIpc) is 2.15. The molecule has 0 saturated carbocycles. The number of aryl methyl sites for hydroxylation is 1. The first-order valence-corrected chi connectivity index (χ1v) is 5.22. The molecule has 0 N–H and O–H groups in total. The molecule has 1 nitrogen and oxygen atoms in total. The second kappa shape index (κ2) is 4.76. The molecule has 0 heterocycles. The maximum absolute atomic E-state index is 12.3. The fraction of sp³-hybridized carbons (Fsp3) is 0.500. The number of hydrogen-bond acceptors (Lipinski definition) is 1. The van der Waals surface area contributed by atoms with Gasteiger partial charge in [0.2, 0.25) is 0 Å². The van der Waals surface area contributed by atoms with Gasteiger partial charge in [0.15, 0.2) is 0 Å². The monoisotopic (exact) mass is 232 g/mol. The van der Waals surface area contributed by atoms with E-state index >= 15 is 0 Å². The summed E-state index contributed by atoms with van der Waals surface area (Å²) in [4.78, 5) is 0. The van der Waals surface area contributed by atoms with Crippen molar-refractivity contribution in [3.8, 4) is 5.75 Å². The van der Waals surface area contributed by atoms with E-state index in [-0.39, 0.29) is 11.7 Å². The minimum Gasteiger partial charge on any atom is -0.405 e. The molecule has 4 heteroatoms. The van der Waals surface area contributed by atoms with E-state index in [0.29, 0.717) is 17.5 Å². The SMILES string of the molecule is CCc1cccc(C(C)C)c1OC(F)(F)F. The molecule has 1 rings (SSSR count). The lowest BCUT2D eigenvalue weighted by molar-refractivity contribution is -0.275. The van der Waals surface area contributed by atoms with Crippen LogP contribution >= 0.6 is 0 Å². The molecule has 0 amide bonds. The van der Waals surface area contributed by atoms with Crippen molar-refractivity contribution >= 4 is 0 Å². The molecule has 0 bridgehead atoms. The quantitative estimate of drug-likeness (QED) is 0.756. The molecule has 0 aliphatic heterocycles. The molecule has 0 aliphatic carbocycles. The summed E-state index contributed by atoms with van der Waals surface area (Å²) in [5, 5.41) is 0. The van der Waals surface area contributed by atoms with E-state index in [9.17, 15) is 13.2 Å². The molecule has 1 aromatic carbocycles. The predicted molar refractivity (Wildman–Crippen MR) is 56.6 cm³/mol. The van der Waals surface area contributed by atoms with Crippen molar-refractivity contribution in [2.24, 2.45) is 0 Å². The zero-order valence-electron chi connectivity index (χ0n) is 9.56. The summed E-state index contributed by atoms with van der Waals surface area (Å²) in [6, 6.07) is 5.09. The number of alkyl halides is 3. The topological polar surface area (TPSA) is 9.23 Å². The second-order valence-corrected chi connectivity index (χ2v) is 3.89. The van der Waals surface area contributed by atoms with E-state index in [4.69, 9.17) is 0 Å². The summed E-state index contributed by atoms with van der Waals surface area (Å²) in [5.41, 5.74) is 1.18. The first-order valence-electron chi connectivity index (χ1n) is 5.22. The molecule has 0 atom stereocenters. The van der Waals surface area contributed by atoms with Crippen LogP contribution in [-0.4, -0.2) is 6.36 Å². The molecule has 0 radical (unpaired) electrons. The lowest BCUT2D eigenvalue weighted by Crippen LogP contribution is -2.19. The van der Waals surface area contributed by atoms with Crippen molar-refractivity contribution in [2.75, 3.05) is 0 Å². The van der Waals surface area contributed by atoms with Gasteiger partial charge >= 0.3 is 6.36 Å². The Hall–Kier alpha value is -1.19. The van der Waals surface area contributed by atoms with E-state index in [0.717, 1.165) is 0 Å². The average molecular weight is 232 g/mol. The maximum Gasteiger partial charge on any atom is 0.573 e. The summed E-state index contributed by atoms with van der Waals surface area (Å²) < 4.78 is 41.0. The van der Waals surface area contributed by atoms with Crippen molar-refractivity contribution in [3.05, 3.63) is 29.3 Å². The van der Waals surface area contributed by atoms with Crippen LogP contribution in [-0.2, 0) is 6.42 Å². The highest BCUT2D eigenvalue weighted by atomic mass is 19.4. The van der Waals surface area contributed by atoms with Crippen LogP contribution < -0.4 is 4.74 Å². The third-order valence-electron chi connectivity index (χ3n) is 2.35. The van der Waals surface area contributed by atoms with Crippen LogP contribution in [0.1, 0.15) is 37.8 Å². The van der Waals surface area contributed by atoms with Crippen molar-refractivity contribution in [2.45, 2.75) is 39.5 Å². The van der Waals surface area contributed by atoms with Gasteiger partial charge in [0, 0.05) is 0 Å². The van der Waals surface area contributed by atoms with Gasteiger partial charge < -0.3 is 4.74 Å². The highest BCUT2D eigenvalue weighted by Crippen LogP contribution is 2.34. The first-order chi connectivity index (χ1) is 7.35. The van der Waals surface area contributed by atoms with E-state index in [2.05, 4.69) is 4.74 Å². The van der Waals surface area contributed by atoms with Crippen LogP contribution in [0.3, 0.4) is 0 Å². The minimum absolute atomic E-state index is 0.00356. The molecule has 0 saturated heterocycles. The molecule has 0 fully saturated rings. The number of para-hydroxylation sites is 1. The highest BCUT2D eigenvalue weighted by molar-refractivity contribution is 5.43. The number of hydrogen-bond donors (Lipinski definition) is 0. The Morgan fingerprint density at radius 3 is 2.31 bits per heavy atom. The Balaban J connectivity index is 3.20. The van der Waals surface area contributed by atoms with Gasteiger partial charge in [-0.1, -0.05) is 39.0 Å². The van der Waals surface area contributed by atoms with Crippen LogP contribution in [0.5, 0.6) is 5.75 Å². The number of halogens is 3. The predicted octanol–water partition coefficient (Wildman–Crippen LogP) is 4.27. The van der Waals surface area contributed by atoms with Crippen LogP contribution in [0.2, 0.25) is 0 Å². The van der Waals surface area contributed by atoms with E-state index in [1.54, 1.807) is 18.2 Å². The van der Waals surface area contributed by atoms with Crippen molar-refractivity contribution < 1.29 is 17.9 Å². The summed E-state index contributed by atoms with van der Waals surface area (Å²) in [5.74, 6) is -0.0312. The maximum atomic E-state index is 12.3. The fourth-order valence-electron chi connectivity index (χ4n) is 1.58.